The maximum absolute atomic E-state index is 5.91. The van der Waals surface area contributed by atoms with Gasteiger partial charge in [0.1, 0.15) is 0 Å². The topological polar surface area (TPSA) is 35.2 Å². The van der Waals surface area contributed by atoms with Crippen molar-refractivity contribution in [1.82, 2.24) is 0 Å². The van der Waals surface area contributed by atoms with Crippen LogP contribution in [0.15, 0.2) is 54.6 Å². The maximum Gasteiger partial charge on any atom is 0.361 e. The first kappa shape index (κ1) is 13.8. The summed E-state index contributed by atoms with van der Waals surface area (Å²) in [7, 11) is 0. The fraction of sp³-hybridized carbons (Fsp3) is 0.250. The summed E-state index contributed by atoms with van der Waals surface area (Å²) in [6.45, 7) is 3.23. The molecule has 19 heavy (non-hydrogen) atoms. The van der Waals surface area contributed by atoms with E-state index in [2.05, 4.69) is 43.3 Å². The molecule has 2 nitrogen and oxygen atoms in total. The number of nitrogens with two attached hydrogens (primary N) is 1. The highest BCUT2D eigenvalue weighted by molar-refractivity contribution is 6.80. The molecule has 0 saturated carbocycles. The zero-order chi connectivity index (χ0) is 13.5. The minimum atomic E-state index is -0.0318. The Morgan fingerprint density at radius 2 is 1.58 bits per heavy atom. The standard InChI is InChI=1S/C16H20BNO/c1-2-14-8-10-16(11-9-14)17(19-13-12-18)15-6-4-3-5-7-15/h3-11H,2,12-13,18H2,1H3. The highest BCUT2D eigenvalue weighted by Gasteiger charge is 2.20. The molecule has 2 aromatic carbocycles. The van der Waals surface area contributed by atoms with Gasteiger partial charge >= 0.3 is 6.92 Å². The summed E-state index contributed by atoms with van der Waals surface area (Å²) in [4.78, 5) is 0. The van der Waals surface area contributed by atoms with Crippen LogP contribution < -0.4 is 16.7 Å². The van der Waals surface area contributed by atoms with Gasteiger partial charge in [0.25, 0.3) is 0 Å². The second kappa shape index (κ2) is 7.12. The Morgan fingerprint density at radius 1 is 0.947 bits per heavy atom. The highest BCUT2D eigenvalue weighted by atomic mass is 16.4. The zero-order valence-corrected chi connectivity index (χ0v) is 11.4. The van der Waals surface area contributed by atoms with E-state index in [9.17, 15) is 0 Å². The molecule has 0 aromatic heterocycles. The monoisotopic (exact) mass is 253 g/mol. The zero-order valence-electron chi connectivity index (χ0n) is 11.4. The van der Waals surface area contributed by atoms with Crippen molar-refractivity contribution in [2.75, 3.05) is 13.2 Å². The maximum atomic E-state index is 5.91. The number of benzene rings is 2. The molecule has 0 spiro atoms. The van der Waals surface area contributed by atoms with Crippen LogP contribution in [0.5, 0.6) is 0 Å². The van der Waals surface area contributed by atoms with E-state index in [4.69, 9.17) is 10.4 Å². The van der Waals surface area contributed by atoms with Crippen LogP contribution in [0, 0.1) is 0 Å². The molecule has 3 heteroatoms. The van der Waals surface area contributed by atoms with Gasteiger partial charge in [-0.15, -0.1) is 0 Å². The van der Waals surface area contributed by atoms with E-state index in [0.717, 1.165) is 6.42 Å². The molecule has 0 fully saturated rings. The van der Waals surface area contributed by atoms with E-state index in [1.807, 2.05) is 18.2 Å². The molecule has 0 aliphatic carbocycles. The van der Waals surface area contributed by atoms with Gasteiger partial charge in [-0.1, -0.05) is 61.5 Å². The van der Waals surface area contributed by atoms with Crippen LogP contribution in [0.1, 0.15) is 12.5 Å². The molecule has 0 radical (unpaired) electrons. The number of hydrogen-bond acceptors (Lipinski definition) is 2. The molecular weight excluding hydrogens is 233 g/mol. The van der Waals surface area contributed by atoms with E-state index in [1.54, 1.807) is 0 Å². The fourth-order valence-corrected chi connectivity index (χ4v) is 2.13. The van der Waals surface area contributed by atoms with Gasteiger partial charge in [-0.3, -0.25) is 0 Å². The second-order valence-electron chi connectivity index (χ2n) is 4.55. The molecule has 0 amide bonds. The van der Waals surface area contributed by atoms with Crippen LogP contribution in [-0.2, 0) is 11.1 Å². The summed E-state index contributed by atoms with van der Waals surface area (Å²) < 4.78 is 5.91. The molecule has 0 aliphatic heterocycles. The van der Waals surface area contributed by atoms with Crippen molar-refractivity contribution < 1.29 is 4.65 Å². The smallest absolute Gasteiger partial charge is 0.361 e. The van der Waals surface area contributed by atoms with Crippen molar-refractivity contribution in [1.29, 1.82) is 0 Å². The minimum absolute atomic E-state index is 0.0318. The molecule has 0 saturated heterocycles. The molecule has 0 aliphatic rings. The van der Waals surface area contributed by atoms with Crippen LogP contribution in [0.3, 0.4) is 0 Å². The van der Waals surface area contributed by atoms with Crippen molar-refractivity contribution in [3.63, 3.8) is 0 Å². The van der Waals surface area contributed by atoms with Crippen molar-refractivity contribution >= 4 is 17.8 Å². The van der Waals surface area contributed by atoms with Crippen molar-refractivity contribution in [3.05, 3.63) is 60.2 Å². The quantitative estimate of drug-likeness (QED) is 0.788. The van der Waals surface area contributed by atoms with Gasteiger partial charge in [-0.05, 0) is 22.9 Å². The Bertz CT molecular complexity index is 484. The Balaban J connectivity index is 2.26. The summed E-state index contributed by atoms with van der Waals surface area (Å²) in [5, 5.41) is 0. The predicted octanol–water partition coefficient (Wildman–Crippen LogP) is 1.33. The van der Waals surface area contributed by atoms with Crippen molar-refractivity contribution in [3.8, 4) is 0 Å². The lowest BCUT2D eigenvalue weighted by molar-refractivity contribution is 0.344. The van der Waals surface area contributed by atoms with Gasteiger partial charge < -0.3 is 10.4 Å². The minimum Gasteiger partial charge on any atom is -0.426 e. The predicted molar refractivity (Wildman–Crippen MR) is 82.3 cm³/mol. The van der Waals surface area contributed by atoms with Crippen LogP contribution in [0.4, 0.5) is 0 Å². The number of rotatable bonds is 6. The first-order valence-corrected chi connectivity index (χ1v) is 6.80. The number of hydrogen-bond donors (Lipinski definition) is 1. The molecule has 98 valence electrons. The third-order valence-corrected chi connectivity index (χ3v) is 3.20. The van der Waals surface area contributed by atoms with Gasteiger partial charge in [-0.25, -0.2) is 0 Å². The lowest BCUT2D eigenvalue weighted by Gasteiger charge is -2.15. The summed E-state index contributed by atoms with van der Waals surface area (Å²) in [6, 6.07) is 18.9. The molecule has 2 aromatic rings. The van der Waals surface area contributed by atoms with Crippen molar-refractivity contribution in [2.45, 2.75) is 13.3 Å². The summed E-state index contributed by atoms with van der Waals surface area (Å²) >= 11 is 0. The molecular formula is C16H20BNO. The Hall–Kier alpha value is -1.58. The van der Waals surface area contributed by atoms with E-state index in [-0.39, 0.29) is 6.92 Å². The first-order valence-electron chi connectivity index (χ1n) is 6.80. The van der Waals surface area contributed by atoms with Gasteiger partial charge in [0.05, 0.1) is 0 Å². The average Bonchev–Trinajstić information content (AvgIpc) is 2.49. The van der Waals surface area contributed by atoms with Gasteiger partial charge in [-0.2, -0.15) is 0 Å². The third-order valence-electron chi connectivity index (χ3n) is 3.20. The normalized spacial score (nSPS) is 10.4. The molecule has 2 N–H and O–H groups in total. The van der Waals surface area contributed by atoms with E-state index < -0.39 is 0 Å². The summed E-state index contributed by atoms with van der Waals surface area (Å²) in [5.74, 6) is 0. The third kappa shape index (κ3) is 3.69. The molecule has 0 bridgehead atoms. The van der Waals surface area contributed by atoms with Gasteiger partial charge in [0, 0.05) is 13.2 Å². The van der Waals surface area contributed by atoms with Crippen LogP contribution in [0.2, 0.25) is 0 Å². The number of aryl methyl sites for hydroxylation is 1. The highest BCUT2D eigenvalue weighted by Crippen LogP contribution is 2.00. The first-order chi connectivity index (χ1) is 9.35. The van der Waals surface area contributed by atoms with Crippen LogP contribution in [-0.4, -0.2) is 20.1 Å². The van der Waals surface area contributed by atoms with Gasteiger partial charge in [0.2, 0.25) is 0 Å². The molecule has 0 heterocycles. The Morgan fingerprint density at radius 3 is 2.16 bits per heavy atom. The lowest BCUT2D eigenvalue weighted by Crippen LogP contribution is -2.45. The Labute approximate surface area is 115 Å². The summed E-state index contributed by atoms with van der Waals surface area (Å²) in [5.41, 5.74) is 9.24. The summed E-state index contributed by atoms with van der Waals surface area (Å²) in [6.07, 6.45) is 1.06. The van der Waals surface area contributed by atoms with Gasteiger partial charge in [0.15, 0.2) is 0 Å². The van der Waals surface area contributed by atoms with E-state index in [1.165, 1.54) is 16.5 Å². The average molecular weight is 253 g/mol. The van der Waals surface area contributed by atoms with E-state index in [0.29, 0.717) is 13.2 Å². The largest absolute Gasteiger partial charge is 0.426 e. The molecule has 0 unspecified atom stereocenters. The molecule has 2 rings (SSSR count). The van der Waals surface area contributed by atoms with Crippen molar-refractivity contribution in [2.24, 2.45) is 5.73 Å². The van der Waals surface area contributed by atoms with Crippen LogP contribution >= 0.6 is 0 Å². The fourth-order valence-electron chi connectivity index (χ4n) is 2.13. The Kier molecular flexibility index (Phi) is 5.19. The van der Waals surface area contributed by atoms with Crippen LogP contribution in [0.25, 0.3) is 0 Å². The lowest BCUT2D eigenvalue weighted by atomic mass is 9.55. The molecule has 0 atom stereocenters. The second-order valence-corrected chi connectivity index (χ2v) is 4.55. The van der Waals surface area contributed by atoms with E-state index >= 15 is 0 Å². The SMILES string of the molecule is CCc1ccc(B(OCCN)c2ccccc2)cc1.